The summed E-state index contributed by atoms with van der Waals surface area (Å²) in [5.41, 5.74) is 8.19. The Morgan fingerprint density at radius 3 is 2.71 bits per heavy atom. The summed E-state index contributed by atoms with van der Waals surface area (Å²) in [6, 6.07) is 10.0. The van der Waals surface area contributed by atoms with E-state index in [9.17, 15) is 10.1 Å². The minimum atomic E-state index is -0.431. The third-order valence-corrected chi connectivity index (χ3v) is 3.11. The van der Waals surface area contributed by atoms with Gasteiger partial charge >= 0.3 is 0 Å². The molecule has 0 bridgehead atoms. The molecule has 2 aromatic heterocycles. The van der Waals surface area contributed by atoms with Crippen molar-refractivity contribution in [2.24, 2.45) is 0 Å². The molecular weight excluding hydrogens is 270 g/mol. The van der Waals surface area contributed by atoms with E-state index in [-0.39, 0.29) is 11.5 Å². The van der Waals surface area contributed by atoms with Gasteiger partial charge in [0.2, 0.25) is 0 Å². The molecule has 0 fully saturated rings. The number of aromatic amines is 1. The zero-order chi connectivity index (χ0) is 14.8. The highest BCUT2D eigenvalue weighted by Crippen LogP contribution is 2.38. The highest BCUT2D eigenvalue weighted by atomic mass is 16.6. The van der Waals surface area contributed by atoms with Gasteiger partial charge in [-0.05, 0) is 12.1 Å². The topological polar surface area (TPSA) is 111 Å². The number of nitrogens with one attached hydrogen (secondary N) is 1. The summed E-state index contributed by atoms with van der Waals surface area (Å²) >= 11 is 0. The summed E-state index contributed by atoms with van der Waals surface area (Å²) in [6.45, 7) is 0. The van der Waals surface area contributed by atoms with Crippen LogP contribution in [0.3, 0.4) is 0 Å². The first-order valence-electron chi connectivity index (χ1n) is 6.16. The number of rotatable bonds is 3. The lowest BCUT2D eigenvalue weighted by atomic mass is 10.0. The van der Waals surface area contributed by atoms with Crippen LogP contribution in [-0.4, -0.2) is 20.1 Å². The standard InChI is InChI=1S/C14H11N5O2/c15-14-12(9-4-3-7-16-8-9)13(17-18-14)10-5-1-2-6-11(10)19(20)21/h1-8H,(H3,15,17,18). The number of nitro groups is 1. The molecule has 0 spiro atoms. The fourth-order valence-corrected chi connectivity index (χ4v) is 2.20. The number of nitro benzene ring substituents is 1. The van der Waals surface area contributed by atoms with Gasteiger partial charge in [-0.25, -0.2) is 0 Å². The Bertz CT molecular complexity index is 798. The quantitative estimate of drug-likeness (QED) is 0.566. The van der Waals surface area contributed by atoms with Crippen molar-refractivity contribution >= 4 is 11.5 Å². The van der Waals surface area contributed by atoms with Crippen LogP contribution in [0, 0.1) is 10.1 Å². The number of pyridine rings is 1. The lowest BCUT2D eigenvalue weighted by molar-refractivity contribution is -0.384. The molecular formula is C14H11N5O2. The van der Waals surface area contributed by atoms with Crippen LogP contribution in [0.5, 0.6) is 0 Å². The Hall–Kier alpha value is -3.22. The van der Waals surface area contributed by atoms with Gasteiger partial charge in [-0.1, -0.05) is 18.2 Å². The van der Waals surface area contributed by atoms with Gasteiger partial charge in [0.25, 0.3) is 5.69 Å². The Kier molecular flexibility index (Phi) is 3.07. The number of H-pyrrole nitrogens is 1. The Labute approximate surface area is 119 Å². The van der Waals surface area contributed by atoms with Gasteiger partial charge in [-0.2, -0.15) is 5.10 Å². The van der Waals surface area contributed by atoms with Crippen LogP contribution >= 0.6 is 0 Å². The van der Waals surface area contributed by atoms with E-state index in [0.29, 0.717) is 16.8 Å². The van der Waals surface area contributed by atoms with Gasteiger partial charge < -0.3 is 5.73 Å². The Morgan fingerprint density at radius 2 is 2.00 bits per heavy atom. The number of nitrogen functional groups attached to an aromatic ring is 1. The van der Waals surface area contributed by atoms with E-state index < -0.39 is 4.92 Å². The van der Waals surface area contributed by atoms with Crippen LogP contribution in [0.1, 0.15) is 0 Å². The van der Waals surface area contributed by atoms with Crippen molar-refractivity contribution in [2.75, 3.05) is 5.73 Å². The molecule has 0 saturated heterocycles. The van der Waals surface area contributed by atoms with Gasteiger partial charge in [0.05, 0.1) is 21.7 Å². The SMILES string of the molecule is Nc1n[nH]c(-c2ccccc2[N+](=O)[O-])c1-c1cccnc1. The van der Waals surface area contributed by atoms with Crippen LogP contribution < -0.4 is 5.73 Å². The minimum Gasteiger partial charge on any atom is -0.382 e. The largest absolute Gasteiger partial charge is 0.382 e. The molecule has 3 N–H and O–H groups in total. The third-order valence-electron chi connectivity index (χ3n) is 3.11. The zero-order valence-electron chi connectivity index (χ0n) is 10.9. The molecule has 7 nitrogen and oxygen atoms in total. The third kappa shape index (κ3) is 2.20. The lowest BCUT2D eigenvalue weighted by Gasteiger charge is -2.05. The average Bonchev–Trinajstić information content (AvgIpc) is 2.89. The Balaban J connectivity index is 2.25. The first-order valence-corrected chi connectivity index (χ1v) is 6.16. The second kappa shape index (κ2) is 5.04. The van der Waals surface area contributed by atoms with E-state index in [4.69, 9.17) is 5.73 Å². The van der Waals surface area contributed by atoms with E-state index in [1.165, 1.54) is 6.07 Å². The number of para-hydroxylation sites is 1. The fraction of sp³-hybridized carbons (Fsp3) is 0. The van der Waals surface area contributed by atoms with Gasteiger partial charge in [0.1, 0.15) is 0 Å². The number of aromatic nitrogens is 3. The lowest BCUT2D eigenvalue weighted by Crippen LogP contribution is -1.93. The minimum absolute atomic E-state index is 0.00806. The average molecular weight is 281 g/mol. The highest BCUT2D eigenvalue weighted by molar-refractivity contribution is 5.90. The van der Waals surface area contributed by atoms with Crippen molar-refractivity contribution in [3.8, 4) is 22.4 Å². The van der Waals surface area contributed by atoms with Gasteiger partial charge in [-0.3, -0.25) is 20.2 Å². The molecule has 0 atom stereocenters. The van der Waals surface area contributed by atoms with Gasteiger partial charge in [0, 0.05) is 24.0 Å². The molecule has 3 aromatic rings. The van der Waals surface area contributed by atoms with Crippen molar-refractivity contribution in [3.63, 3.8) is 0 Å². The molecule has 2 heterocycles. The molecule has 0 saturated carbocycles. The van der Waals surface area contributed by atoms with Crippen molar-refractivity contribution < 1.29 is 4.92 Å². The van der Waals surface area contributed by atoms with Crippen molar-refractivity contribution in [1.82, 2.24) is 15.2 Å². The summed E-state index contributed by atoms with van der Waals surface area (Å²) in [6.07, 6.45) is 3.28. The predicted molar refractivity (Wildman–Crippen MR) is 78.3 cm³/mol. The monoisotopic (exact) mass is 281 g/mol. The van der Waals surface area contributed by atoms with Crippen LogP contribution in [0.4, 0.5) is 11.5 Å². The van der Waals surface area contributed by atoms with E-state index in [2.05, 4.69) is 15.2 Å². The molecule has 7 heteroatoms. The van der Waals surface area contributed by atoms with Gasteiger partial charge in [0.15, 0.2) is 5.82 Å². The van der Waals surface area contributed by atoms with Crippen LogP contribution in [0.25, 0.3) is 22.4 Å². The van der Waals surface area contributed by atoms with E-state index >= 15 is 0 Å². The molecule has 0 aliphatic rings. The molecule has 0 aliphatic heterocycles. The molecule has 1 aromatic carbocycles. The fourth-order valence-electron chi connectivity index (χ4n) is 2.20. The maximum Gasteiger partial charge on any atom is 0.278 e. The smallest absolute Gasteiger partial charge is 0.278 e. The van der Waals surface area contributed by atoms with Crippen LogP contribution in [0.15, 0.2) is 48.8 Å². The first-order chi connectivity index (χ1) is 10.2. The second-order valence-corrected chi connectivity index (χ2v) is 4.37. The van der Waals surface area contributed by atoms with E-state index in [1.54, 1.807) is 36.7 Å². The molecule has 0 radical (unpaired) electrons. The van der Waals surface area contributed by atoms with Crippen molar-refractivity contribution in [3.05, 3.63) is 58.9 Å². The summed E-state index contributed by atoms with van der Waals surface area (Å²) < 4.78 is 0. The number of anilines is 1. The summed E-state index contributed by atoms with van der Waals surface area (Å²) in [7, 11) is 0. The van der Waals surface area contributed by atoms with E-state index in [0.717, 1.165) is 5.56 Å². The Morgan fingerprint density at radius 1 is 1.19 bits per heavy atom. The molecule has 104 valence electrons. The molecule has 3 rings (SSSR count). The first kappa shape index (κ1) is 12.8. The predicted octanol–water partition coefficient (Wildman–Crippen LogP) is 2.63. The zero-order valence-corrected chi connectivity index (χ0v) is 10.9. The summed E-state index contributed by atoms with van der Waals surface area (Å²) in [5, 5.41) is 17.9. The van der Waals surface area contributed by atoms with Crippen molar-refractivity contribution in [1.29, 1.82) is 0 Å². The summed E-state index contributed by atoms with van der Waals surface area (Å²) in [4.78, 5) is 14.8. The van der Waals surface area contributed by atoms with Crippen LogP contribution in [-0.2, 0) is 0 Å². The normalized spacial score (nSPS) is 10.5. The maximum atomic E-state index is 11.2. The summed E-state index contributed by atoms with van der Waals surface area (Å²) in [5.74, 6) is 0.274. The maximum absolute atomic E-state index is 11.2. The molecule has 0 unspecified atom stereocenters. The second-order valence-electron chi connectivity index (χ2n) is 4.37. The van der Waals surface area contributed by atoms with E-state index in [1.807, 2.05) is 6.07 Å². The van der Waals surface area contributed by atoms with Crippen LogP contribution in [0.2, 0.25) is 0 Å². The number of nitrogens with two attached hydrogens (primary N) is 1. The molecule has 0 amide bonds. The van der Waals surface area contributed by atoms with Gasteiger partial charge in [-0.15, -0.1) is 0 Å². The number of nitrogens with zero attached hydrogens (tertiary/aromatic N) is 3. The highest BCUT2D eigenvalue weighted by Gasteiger charge is 2.21. The number of hydrogen-bond acceptors (Lipinski definition) is 5. The molecule has 21 heavy (non-hydrogen) atoms. The number of hydrogen-bond donors (Lipinski definition) is 2. The molecule has 0 aliphatic carbocycles. The number of benzene rings is 1. The van der Waals surface area contributed by atoms with Crippen molar-refractivity contribution in [2.45, 2.75) is 0 Å².